The van der Waals surface area contributed by atoms with E-state index in [0.29, 0.717) is 24.5 Å². The number of fused-ring (bicyclic) bond motifs is 1. The van der Waals surface area contributed by atoms with Gasteiger partial charge in [-0.05, 0) is 54.8 Å². The Bertz CT molecular complexity index is 402. The van der Waals surface area contributed by atoms with Crippen molar-refractivity contribution in [1.29, 1.82) is 0 Å². The van der Waals surface area contributed by atoms with Crippen LogP contribution in [0.1, 0.15) is 55.3 Å². The van der Waals surface area contributed by atoms with E-state index in [9.17, 15) is 0 Å². The van der Waals surface area contributed by atoms with Crippen LogP contribution in [0.3, 0.4) is 0 Å². The van der Waals surface area contributed by atoms with Crippen molar-refractivity contribution in [3.8, 4) is 0 Å². The molecular weight excluding hydrogens is 222 g/mol. The SMILES string of the molecule is Cc1cccc2c1C(C)CC2NCC(C)CCO. The van der Waals surface area contributed by atoms with Crippen LogP contribution in [0, 0.1) is 12.8 Å². The molecule has 0 radical (unpaired) electrons. The molecule has 0 heterocycles. The molecule has 0 aromatic heterocycles. The number of aliphatic hydroxyl groups is 1. The van der Waals surface area contributed by atoms with E-state index in [1.54, 1.807) is 5.56 Å². The van der Waals surface area contributed by atoms with Gasteiger partial charge >= 0.3 is 0 Å². The summed E-state index contributed by atoms with van der Waals surface area (Å²) in [6.07, 6.45) is 2.09. The van der Waals surface area contributed by atoms with Gasteiger partial charge in [0.1, 0.15) is 0 Å². The third-order valence-electron chi connectivity index (χ3n) is 4.15. The molecule has 1 aromatic rings. The van der Waals surface area contributed by atoms with Crippen LogP contribution in [0.15, 0.2) is 18.2 Å². The summed E-state index contributed by atoms with van der Waals surface area (Å²) in [7, 11) is 0. The second kappa shape index (κ2) is 5.85. The predicted molar refractivity (Wildman–Crippen MR) is 75.8 cm³/mol. The number of hydrogen-bond donors (Lipinski definition) is 2. The van der Waals surface area contributed by atoms with Crippen LogP contribution in [-0.2, 0) is 0 Å². The number of nitrogens with one attached hydrogen (secondary N) is 1. The van der Waals surface area contributed by atoms with E-state index in [-0.39, 0.29) is 0 Å². The zero-order chi connectivity index (χ0) is 13.1. The number of aryl methyl sites for hydroxylation is 1. The Morgan fingerprint density at radius 3 is 2.94 bits per heavy atom. The fourth-order valence-corrected chi connectivity index (χ4v) is 3.14. The molecule has 0 bridgehead atoms. The standard InChI is InChI=1S/C16H25NO/c1-11(7-8-18)10-17-15-9-13(3)16-12(2)5-4-6-14(15)16/h4-6,11,13,15,17-18H,7-10H2,1-3H3. The molecule has 1 aliphatic rings. The smallest absolute Gasteiger partial charge is 0.0434 e. The molecule has 0 fully saturated rings. The van der Waals surface area contributed by atoms with Crippen molar-refractivity contribution in [3.63, 3.8) is 0 Å². The van der Waals surface area contributed by atoms with Crippen LogP contribution in [0.5, 0.6) is 0 Å². The van der Waals surface area contributed by atoms with Gasteiger partial charge in [-0.2, -0.15) is 0 Å². The van der Waals surface area contributed by atoms with Crippen LogP contribution in [0.25, 0.3) is 0 Å². The maximum absolute atomic E-state index is 8.94. The number of aliphatic hydroxyl groups excluding tert-OH is 1. The van der Waals surface area contributed by atoms with Gasteiger partial charge in [-0.25, -0.2) is 0 Å². The van der Waals surface area contributed by atoms with Gasteiger partial charge < -0.3 is 10.4 Å². The lowest BCUT2D eigenvalue weighted by Gasteiger charge is -2.17. The maximum atomic E-state index is 8.94. The molecule has 18 heavy (non-hydrogen) atoms. The lowest BCUT2D eigenvalue weighted by atomic mass is 9.98. The first-order chi connectivity index (χ1) is 8.63. The highest BCUT2D eigenvalue weighted by Gasteiger charge is 2.28. The van der Waals surface area contributed by atoms with Gasteiger partial charge in [0.2, 0.25) is 0 Å². The molecule has 0 amide bonds. The highest BCUT2D eigenvalue weighted by atomic mass is 16.3. The van der Waals surface area contributed by atoms with E-state index >= 15 is 0 Å². The Morgan fingerprint density at radius 2 is 2.22 bits per heavy atom. The minimum Gasteiger partial charge on any atom is -0.396 e. The Hall–Kier alpha value is -0.860. The van der Waals surface area contributed by atoms with Gasteiger partial charge in [0.25, 0.3) is 0 Å². The molecule has 3 atom stereocenters. The van der Waals surface area contributed by atoms with Gasteiger partial charge in [-0.1, -0.05) is 32.0 Å². The summed E-state index contributed by atoms with van der Waals surface area (Å²) in [6, 6.07) is 7.14. The van der Waals surface area contributed by atoms with E-state index in [2.05, 4.69) is 44.3 Å². The topological polar surface area (TPSA) is 32.3 Å². The van der Waals surface area contributed by atoms with Crippen molar-refractivity contribution in [3.05, 3.63) is 34.9 Å². The second-order valence-corrected chi connectivity index (χ2v) is 5.79. The summed E-state index contributed by atoms with van der Waals surface area (Å²) in [6.45, 7) is 8.01. The quantitative estimate of drug-likeness (QED) is 0.837. The lowest BCUT2D eigenvalue weighted by Crippen LogP contribution is -2.25. The Kier molecular flexibility index (Phi) is 4.41. The van der Waals surface area contributed by atoms with Crippen LogP contribution in [-0.4, -0.2) is 18.3 Å². The summed E-state index contributed by atoms with van der Waals surface area (Å²) in [5.41, 5.74) is 4.45. The average Bonchev–Trinajstić information content (AvgIpc) is 2.65. The van der Waals surface area contributed by atoms with Crippen molar-refractivity contribution in [2.45, 2.75) is 45.6 Å². The van der Waals surface area contributed by atoms with Crippen LogP contribution < -0.4 is 5.32 Å². The molecule has 2 heteroatoms. The second-order valence-electron chi connectivity index (χ2n) is 5.79. The minimum absolute atomic E-state index is 0.291. The van der Waals surface area contributed by atoms with Crippen molar-refractivity contribution < 1.29 is 5.11 Å². The molecule has 0 saturated heterocycles. The van der Waals surface area contributed by atoms with Gasteiger partial charge in [-0.3, -0.25) is 0 Å². The van der Waals surface area contributed by atoms with E-state index in [1.165, 1.54) is 17.5 Å². The minimum atomic E-state index is 0.291. The lowest BCUT2D eigenvalue weighted by molar-refractivity contribution is 0.257. The first kappa shape index (κ1) is 13.6. The molecule has 2 nitrogen and oxygen atoms in total. The van der Waals surface area contributed by atoms with Crippen molar-refractivity contribution in [2.24, 2.45) is 5.92 Å². The van der Waals surface area contributed by atoms with Gasteiger partial charge in [0.05, 0.1) is 0 Å². The Morgan fingerprint density at radius 1 is 1.44 bits per heavy atom. The maximum Gasteiger partial charge on any atom is 0.0434 e. The Balaban J connectivity index is 2.03. The third-order valence-corrected chi connectivity index (χ3v) is 4.15. The molecule has 2 rings (SSSR count). The molecule has 1 aliphatic carbocycles. The normalized spacial score (nSPS) is 24.0. The van der Waals surface area contributed by atoms with Crippen molar-refractivity contribution in [1.82, 2.24) is 5.32 Å². The molecule has 100 valence electrons. The highest BCUT2D eigenvalue weighted by Crippen LogP contribution is 2.41. The molecule has 0 spiro atoms. The van der Waals surface area contributed by atoms with Crippen LogP contribution in [0.4, 0.5) is 0 Å². The number of rotatable bonds is 5. The fourth-order valence-electron chi connectivity index (χ4n) is 3.14. The summed E-state index contributed by atoms with van der Waals surface area (Å²) in [5.74, 6) is 1.20. The van der Waals surface area contributed by atoms with E-state index in [1.807, 2.05) is 0 Å². The van der Waals surface area contributed by atoms with Gasteiger partial charge in [-0.15, -0.1) is 0 Å². The van der Waals surface area contributed by atoms with Gasteiger partial charge in [0, 0.05) is 12.6 Å². The van der Waals surface area contributed by atoms with E-state index < -0.39 is 0 Å². The molecule has 2 N–H and O–H groups in total. The fraction of sp³-hybridized carbons (Fsp3) is 0.625. The van der Waals surface area contributed by atoms with E-state index in [4.69, 9.17) is 5.11 Å². The summed E-state index contributed by atoms with van der Waals surface area (Å²) in [4.78, 5) is 0. The zero-order valence-electron chi connectivity index (χ0n) is 11.7. The number of hydrogen-bond acceptors (Lipinski definition) is 2. The summed E-state index contributed by atoms with van der Waals surface area (Å²) < 4.78 is 0. The third kappa shape index (κ3) is 2.76. The molecule has 0 saturated carbocycles. The molecular formula is C16H25NO. The monoisotopic (exact) mass is 247 g/mol. The molecule has 0 aliphatic heterocycles. The Labute approximate surface area is 110 Å². The summed E-state index contributed by atoms with van der Waals surface area (Å²) >= 11 is 0. The highest BCUT2D eigenvalue weighted by molar-refractivity contribution is 5.43. The summed E-state index contributed by atoms with van der Waals surface area (Å²) in [5, 5.41) is 12.6. The van der Waals surface area contributed by atoms with Crippen molar-refractivity contribution in [2.75, 3.05) is 13.2 Å². The average molecular weight is 247 g/mol. The van der Waals surface area contributed by atoms with Crippen molar-refractivity contribution >= 4 is 0 Å². The zero-order valence-corrected chi connectivity index (χ0v) is 11.7. The van der Waals surface area contributed by atoms with Gasteiger partial charge in [0.15, 0.2) is 0 Å². The first-order valence-corrected chi connectivity index (χ1v) is 7.07. The predicted octanol–water partition coefficient (Wildman–Crippen LogP) is 3.15. The largest absolute Gasteiger partial charge is 0.396 e. The first-order valence-electron chi connectivity index (χ1n) is 7.07. The van der Waals surface area contributed by atoms with Crippen LogP contribution in [0.2, 0.25) is 0 Å². The molecule has 1 aromatic carbocycles. The molecule has 3 unspecified atom stereocenters. The van der Waals surface area contributed by atoms with Crippen LogP contribution >= 0.6 is 0 Å². The number of benzene rings is 1. The van der Waals surface area contributed by atoms with E-state index in [0.717, 1.165) is 13.0 Å².